The van der Waals surface area contributed by atoms with Crippen LogP contribution in [0, 0.1) is 0 Å². The lowest BCUT2D eigenvalue weighted by Gasteiger charge is -2.24. The van der Waals surface area contributed by atoms with Crippen molar-refractivity contribution in [2.75, 3.05) is 31.1 Å². The van der Waals surface area contributed by atoms with Gasteiger partial charge in [0, 0.05) is 19.6 Å². The number of nitrogens with two attached hydrogens (primary N) is 1. The molecule has 0 spiro atoms. The van der Waals surface area contributed by atoms with Crippen molar-refractivity contribution in [2.24, 2.45) is 5.73 Å². The number of halogens is 1. The number of hydrogen-bond acceptors (Lipinski definition) is 3. The molecule has 0 aliphatic carbocycles. The van der Waals surface area contributed by atoms with Crippen LogP contribution < -0.4 is 16.0 Å². The molecule has 1 fully saturated rings. The second-order valence-corrected chi connectivity index (χ2v) is 4.50. The summed E-state index contributed by atoms with van der Waals surface area (Å²) in [6, 6.07) is 5.45. The molecule has 0 unspecified atom stereocenters. The standard InChI is InChI=1S/C12H16ClN3O/c13-9-3-1-4-10(11(9)12(14)17)16-7-2-5-15-6-8-16/h1,3-4,15H,2,5-8H2,(H2,14,17). The lowest BCUT2D eigenvalue weighted by molar-refractivity contribution is 0.100. The maximum atomic E-state index is 11.5. The van der Waals surface area contributed by atoms with Gasteiger partial charge in [-0.15, -0.1) is 0 Å². The quantitative estimate of drug-likeness (QED) is 0.834. The molecular weight excluding hydrogens is 238 g/mol. The highest BCUT2D eigenvalue weighted by Crippen LogP contribution is 2.27. The van der Waals surface area contributed by atoms with E-state index in [2.05, 4.69) is 10.2 Å². The number of amides is 1. The molecule has 5 heteroatoms. The van der Waals surface area contributed by atoms with E-state index in [1.165, 1.54) is 0 Å². The van der Waals surface area contributed by atoms with Crippen LogP contribution >= 0.6 is 11.6 Å². The van der Waals surface area contributed by atoms with E-state index in [9.17, 15) is 4.79 Å². The molecule has 3 N–H and O–H groups in total. The van der Waals surface area contributed by atoms with Gasteiger partial charge in [-0.1, -0.05) is 17.7 Å². The highest BCUT2D eigenvalue weighted by Gasteiger charge is 2.18. The molecule has 0 radical (unpaired) electrons. The van der Waals surface area contributed by atoms with E-state index in [4.69, 9.17) is 17.3 Å². The van der Waals surface area contributed by atoms with Crippen LogP contribution in [0.5, 0.6) is 0 Å². The van der Waals surface area contributed by atoms with Crippen LogP contribution in [0.3, 0.4) is 0 Å². The van der Waals surface area contributed by atoms with Crippen molar-refractivity contribution < 1.29 is 4.79 Å². The van der Waals surface area contributed by atoms with E-state index in [-0.39, 0.29) is 0 Å². The highest BCUT2D eigenvalue weighted by molar-refractivity contribution is 6.34. The molecule has 0 bridgehead atoms. The van der Waals surface area contributed by atoms with Gasteiger partial charge in [0.05, 0.1) is 16.3 Å². The minimum absolute atomic E-state index is 0.423. The summed E-state index contributed by atoms with van der Waals surface area (Å²) in [5.74, 6) is -0.470. The summed E-state index contributed by atoms with van der Waals surface area (Å²) in [6.45, 7) is 3.68. The second kappa shape index (κ2) is 5.38. The first-order valence-electron chi connectivity index (χ1n) is 5.74. The molecule has 17 heavy (non-hydrogen) atoms. The number of hydrogen-bond donors (Lipinski definition) is 2. The van der Waals surface area contributed by atoms with Crippen LogP contribution in [0.15, 0.2) is 18.2 Å². The zero-order valence-corrected chi connectivity index (χ0v) is 10.3. The molecule has 1 aromatic carbocycles. The van der Waals surface area contributed by atoms with Gasteiger partial charge in [0.2, 0.25) is 0 Å². The number of primary amides is 1. The zero-order chi connectivity index (χ0) is 12.3. The van der Waals surface area contributed by atoms with Crippen LogP contribution in [-0.2, 0) is 0 Å². The van der Waals surface area contributed by atoms with Crippen molar-refractivity contribution in [1.29, 1.82) is 0 Å². The van der Waals surface area contributed by atoms with Crippen LogP contribution in [0.1, 0.15) is 16.8 Å². The highest BCUT2D eigenvalue weighted by atomic mass is 35.5. The van der Waals surface area contributed by atoms with E-state index in [0.29, 0.717) is 10.6 Å². The molecule has 1 aliphatic rings. The van der Waals surface area contributed by atoms with Crippen LogP contribution in [0.25, 0.3) is 0 Å². The predicted molar refractivity (Wildman–Crippen MR) is 69.7 cm³/mol. The van der Waals surface area contributed by atoms with Crippen molar-refractivity contribution in [3.63, 3.8) is 0 Å². The Balaban J connectivity index is 2.36. The Morgan fingerprint density at radius 2 is 2.18 bits per heavy atom. The van der Waals surface area contributed by atoms with Crippen molar-refractivity contribution in [3.05, 3.63) is 28.8 Å². The molecule has 1 amide bonds. The largest absolute Gasteiger partial charge is 0.370 e. The van der Waals surface area contributed by atoms with E-state index < -0.39 is 5.91 Å². The van der Waals surface area contributed by atoms with Gasteiger partial charge in [-0.2, -0.15) is 0 Å². The van der Waals surface area contributed by atoms with Crippen LogP contribution in [0.4, 0.5) is 5.69 Å². The number of nitrogens with one attached hydrogen (secondary N) is 1. The molecule has 1 aromatic rings. The minimum Gasteiger partial charge on any atom is -0.370 e. The Bertz CT molecular complexity index is 414. The third-order valence-electron chi connectivity index (χ3n) is 2.92. The summed E-state index contributed by atoms with van der Waals surface area (Å²) >= 11 is 6.04. The first-order valence-corrected chi connectivity index (χ1v) is 6.12. The van der Waals surface area contributed by atoms with Crippen LogP contribution in [-0.4, -0.2) is 32.1 Å². The number of rotatable bonds is 2. The van der Waals surface area contributed by atoms with Gasteiger partial charge in [0.25, 0.3) is 5.91 Å². The van der Waals surface area contributed by atoms with Gasteiger partial charge in [0.1, 0.15) is 0 Å². The molecule has 92 valence electrons. The van der Waals surface area contributed by atoms with Gasteiger partial charge in [-0.05, 0) is 25.1 Å². The average Bonchev–Trinajstić information content (AvgIpc) is 2.56. The van der Waals surface area contributed by atoms with E-state index >= 15 is 0 Å². The predicted octanol–water partition coefficient (Wildman–Crippen LogP) is 1.24. The topological polar surface area (TPSA) is 58.4 Å². The Kier molecular flexibility index (Phi) is 3.86. The first-order chi connectivity index (χ1) is 8.20. The molecule has 0 saturated carbocycles. The zero-order valence-electron chi connectivity index (χ0n) is 9.58. The Labute approximate surface area is 106 Å². The molecule has 4 nitrogen and oxygen atoms in total. The third-order valence-corrected chi connectivity index (χ3v) is 3.23. The van der Waals surface area contributed by atoms with Crippen molar-refractivity contribution in [2.45, 2.75) is 6.42 Å². The fraction of sp³-hybridized carbons (Fsp3) is 0.417. The minimum atomic E-state index is -0.470. The molecule has 1 aliphatic heterocycles. The Morgan fingerprint density at radius 1 is 1.35 bits per heavy atom. The molecular formula is C12H16ClN3O. The Morgan fingerprint density at radius 3 is 2.94 bits per heavy atom. The summed E-state index contributed by atoms with van der Waals surface area (Å²) in [4.78, 5) is 13.6. The third kappa shape index (κ3) is 2.70. The first kappa shape index (κ1) is 12.2. The summed E-state index contributed by atoms with van der Waals surface area (Å²) in [7, 11) is 0. The normalized spacial score (nSPS) is 16.6. The lowest BCUT2D eigenvalue weighted by Crippen LogP contribution is -2.30. The van der Waals surface area contributed by atoms with Crippen LogP contribution in [0.2, 0.25) is 5.02 Å². The maximum absolute atomic E-state index is 11.5. The van der Waals surface area contributed by atoms with Crippen molar-refractivity contribution in [1.82, 2.24) is 5.32 Å². The van der Waals surface area contributed by atoms with Gasteiger partial charge in [0.15, 0.2) is 0 Å². The smallest absolute Gasteiger partial charge is 0.252 e. The number of carbonyl (C=O) groups is 1. The Hall–Kier alpha value is -1.26. The van der Waals surface area contributed by atoms with E-state index in [0.717, 1.165) is 38.3 Å². The van der Waals surface area contributed by atoms with Crippen molar-refractivity contribution in [3.8, 4) is 0 Å². The fourth-order valence-electron chi connectivity index (χ4n) is 2.11. The monoisotopic (exact) mass is 253 g/mol. The maximum Gasteiger partial charge on any atom is 0.252 e. The number of benzene rings is 1. The number of anilines is 1. The van der Waals surface area contributed by atoms with Gasteiger partial charge >= 0.3 is 0 Å². The summed E-state index contributed by atoms with van der Waals surface area (Å²) in [6.07, 6.45) is 1.05. The molecule has 1 heterocycles. The number of nitrogens with zero attached hydrogens (tertiary/aromatic N) is 1. The lowest BCUT2D eigenvalue weighted by atomic mass is 10.1. The summed E-state index contributed by atoms with van der Waals surface area (Å²) < 4.78 is 0. The number of carbonyl (C=O) groups excluding carboxylic acids is 1. The molecule has 0 aromatic heterocycles. The molecule has 0 atom stereocenters. The summed E-state index contributed by atoms with van der Waals surface area (Å²) in [5, 5.41) is 3.74. The SMILES string of the molecule is NC(=O)c1c(Cl)cccc1N1CCCNCC1. The van der Waals surface area contributed by atoms with Gasteiger partial charge in [-0.25, -0.2) is 0 Å². The average molecular weight is 254 g/mol. The fourth-order valence-corrected chi connectivity index (χ4v) is 2.37. The van der Waals surface area contributed by atoms with E-state index in [1.54, 1.807) is 6.07 Å². The van der Waals surface area contributed by atoms with Gasteiger partial charge < -0.3 is 16.0 Å². The van der Waals surface area contributed by atoms with E-state index in [1.807, 2.05) is 12.1 Å². The second-order valence-electron chi connectivity index (χ2n) is 4.09. The molecule has 2 rings (SSSR count). The summed E-state index contributed by atoms with van der Waals surface area (Å²) in [5.41, 5.74) is 6.66. The van der Waals surface area contributed by atoms with Gasteiger partial charge in [-0.3, -0.25) is 4.79 Å². The molecule has 1 saturated heterocycles. The van der Waals surface area contributed by atoms with Crippen molar-refractivity contribution >= 4 is 23.2 Å².